The zero-order valence-electron chi connectivity index (χ0n) is 13.9. The third kappa shape index (κ3) is 8.36. The Balaban J connectivity index is 0.00000264. The second kappa shape index (κ2) is 11.4. The molecule has 0 aromatic carbocycles. The van der Waals surface area contributed by atoms with E-state index >= 15 is 0 Å². The molecule has 0 spiro atoms. The van der Waals surface area contributed by atoms with Gasteiger partial charge in [0.05, 0.1) is 7.11 Å². The first-order valence-corrected chi connectivity index (χ1v) is 7.83. The van der Waals surface area contributed by atoms with Crippen molar-refractivity contribution in [3.05, 3.63) is 23.9 Å². The summed E-state index contributed by atoms with van der Waals surface area (Å²) in [5.41, 5.74) is 1.08. The van der Waals surface area contributed by atoms with E-state index in [1.54, 1.807) is 20.4 Å². The van der Waals surface area contributed by atoms with Crippen molar-refractivity contribution in [2.75, 3.05) is 33.9 Å². The van der Waals surface area contributed by atoms with Crippen LogP contribution in [0.5, 0.6) is 5.88 Å². The van der Waals surface area contributed by atoms with Gasteiger partial charge in [0.15, 0.2) is 5.96 Å². The van der Waals surface area contributed by atoms with Gasteiger partial charge in [0.1, 0.15) is 0 Å². The lowest BCUT2D eigenvalue weighted by Crippen LogP contribution is -2.37. The molecule has 23 heavy (non-hydrogen) atoms. The van der Waals surface area contributed by atoms with Crippen molar-refractivity contribution >= 4 is 29.9 Å². The van der Waals surface area contributed by atoms with Crippen molar-refractivity contribution in [3.63, 3.8) is 0 Å². The summed E-state index contributed by atoms with van der Waals surface area (Å²) in [7, 11) is 3.38. The number of halogens is 1. The summed E-state index contributed by atoms with van der Waals surface area (Å²) >= 11 is 0. The van der Waals surface area contributed by atoms with E-state index in [1.807, 2.05) is 12.1 Å². The highest BCUT2D eigenvalue weighted by molar-refractivity contribution is 14.0. The SMILES string of the molecule is CN=C(NCCCOCC1CC1)NCc1ccc(OC)nc1.I. The van der Waals surface area contributed by atoms with Crippen molar-refractivity contribution in [1.29, 1.82) is 0 Å². The topological polar surface area (TPSA) is 67.8 Å². The molecule has 130 valence electrons. The number of pyridine rings is 1. The average Bonchev–Trinajstić information content (AvgIpc) is 3.38. The summed E-state index contributed by atoms with van der Waals surface area (Å²) in [4.78, 5) is 8.38. The Morgan fingerprint density at radius 2 is 2.17 bits per heavy atom. The fraction of sp³-hybridized carbons (Fsp3) is 0.625. The molecule has 2 rings (SSSR count). The van der Waals surface area contributed by atoms with E-state index in [4.69, 9.17) is 9.47 Å². The lowest BCUT2D eigenvalue weighted by atomic mass is 10.3. The smallest absolute Gasteiger partial charge is 0.212 e. The van der Waals surface area contributed by atoms with Crippen LogP contribution in [0.4, 0.5) is 0 Å². The number of hydrogen-bond acceptors (Lipinski definition) is 4. The highest BCUT2D eigenvalue weighted by Gasteiger charge is 2.20. The number of nitrogens with one attached hydrogen (secondary N) is 2. The van der Waals surface area contributed by atoms with E-state index in [9.17, 15) is 0 Å². The molecule has 1 aromatic rings. The number of rotatable bonds is 9. The minimum absolute atomic E-state index is 0. The Labute approximate surface area is 155 Å². The molecule has 2 N–H and O–H groups in total. The number of guanidine groups is 1. The van der Waals surface area contributed by atoms with Crippen LogP contribution in [0.3, 0.4) is 0 Å². The van der Waals surface area contributed by atoms with E-state index < -0.39 is 0 Å². The van der Waals surface area contributed by atoms with E-state index in [1.165, 1.54) is 12.8 Å². The van der Waals surface area contributed by atoms with Crippen molar-refractivity contribution < 1.29 is 9.47 Å². The molecular formula is C16H27IN4O2. The van der Waals surface area contributed by atoms with E-state index in [2.05, 4.69) is 20.6 Å². The molecule has 1 aliphatic rings. The Kier molecular flexibility index (Phi) is 9.93. The minimum Gasteiger partial charge on any atom is -0.481 e. The van der Waals surface area contributed by atoms with Gasteiger partial charge in [0.25, 0.3) is 0 Å². The summed E-state index contributed by atoms with van der Waals surface area (Å²) in [5.74, 6) is 2.25. The van der Waals surface area contributed by atoms with Crippen LogP contribution in [0.15, 0.2) is 23.3 Å². The predicted molar refractivity (Wildman–Crippen MR) is 103 cm³/mol. The van der Waals surface area contributed by atoms with Gasteiger partial charge in [-0.3, -0.25) is 4.99 Å². The number of hydrogen-bond donors (Lipinski definition) is 2. The van der Waals surface area contributed by atoms with E-state index in [-0.39, 0.29) is 24.0 Å². The molecule has 0 bridgehead atoms. The van der Waals surface area contributed by atoms with Crippen LogP contribution in [0.1, 0.15) is 24.8 Å². The van der Waals surface area contributed by atoms with Gasteiger partial charge in [-0.2, -0.15) is 0 Å². The molecule has 0 atom stereocenters. The van der Waals surface area contributed by atoms with Crippen LogP contribution < -0.4 is 15.4 Å². The summed E-state index contributed by atoms with van der Waals surface area (Å²) in [6.07, 6.45) is 5.46. The largest absolute Gasteiger partial charge is 0.481 e. The number of aliphatic imine (C=N–C) groups is 1. The normalized spacial score (nSPS) is 14.1. The third-order valence-electron chi connectivity index (χ3n) is 3.50. The van der Waals surface area contributed by atoms with Crippen LogP contribution in [0.25, 0.3) is 0 Å². The number of methoxy groups -OCH3 is 1. The number of ether oxygens (including phenoxy) is 2. The predicted octanol–water partition coefficient (Wildman–Crippen LogP) is 2.19. The fourth-order valence-electron chi connectivity index (χ4n) is 1.96. The Bertz CT molecular complexity index is 464. The van der Waals surface area contributed by atoms with Crippen LogP contribution in [0.2, 0.25) is 0 Å². The van der Waals surface area contributed by atoms with Crippen molar-refractivity contribution in [3.8, 4) is 5.88 Å². The molecule has 1 aromatic heterocycles. The number of aromatic nitrogens is 1. The minimum atomic E-state index is 0. The average molecular weight is 434 g/mol. The zero-order chi connectivity index (χ0) is 15.6. The van der Waals surface area contributed by atoms with Crippen molar-refractivity contribution in [2.45, 2.75) is 25.8 Å². The molecule has 0 amide bonds. The molecule has 1 aliphatic carbocycles. The maximum Gasteiger partial charge on any atom is 0.212 e. The van der Waals surface area contributed by atoms with Gasteiger partial charge in [-0.1, -0.05) is 6.07 Å². The second-order valence-electron chi connectivity index (χ2n) is 5.43. The molecule has 7 heteroatoms. The second-order valence-corrected chi connectivity index (χ2v) is 5.43. The highest BCUT2D eigenvalue weighted by atomic mass is 127. The summed E-state index contributed by atoms with van der Waals surface area (Å²) in [5, 5.41) is 6.54. The molecule has 1 fully saturated rings. The molecule has 0 saturated heterocycles. The van der Waals surface area contributed by atoms with Crippen LogP contribution in [0, 0.1) is 5.92 Å². The Morgan fingerprint density at radius 1 is 1.35 bits per heavy atom. The molecule has 1 saturated carbocycles. The van der Waals surface area contributed by atoms with Gasteiger partial charge < -0.3 is 20.1 Å². The first kappa shape index (κ1) is 20.0. The Hall–Kier alpha value is -1.09. The zero-order valence-corrected chi connectivity index (χ0v) is 16.2. The lowest BCUT2D eigenvalue weighted by Gasteiger charge is -2.12. The Morgan fingerprint density at radius 3 is 2.78 bits per heavy atom. The molecule has 6 nitrogen and oxygen atoms in total. The summed E-state index contributed by atoms with van der Waals surface area (Å²) < 4.78 is 10.6. The van der Waals surface area contributed by atoms with Gasteiger partial charge in [-0.05, 0) is 30.7 Å². The molecule has 1 heterocycles. The standard InChI is InChI=1S/C16H26N4O2.HI/c1-17-16(18-8-3-9-22-12-13-4-5-13)20-11-14-6-7-15(21-2)19-10-14;/h6-7,10,13H,3-5,8-9,11-12H2,1-2H3,(H2,17,18,20);1H. The van der Waals surface area contributed by atoms with Gasteiger partial charge in [-0.25, -0.2) is 4.98 Å². The molecule has 0 aliphatic heterocycles. The van der Waals surface area contributed by atoms with E-state index in [0.717, 1.165) is 43.6 Å². The maximum absolute atomic E-state index is 5.60. The summed E-state index contributed by atoms with van der Waals surface area (Å²) in [6.45, 7) is 3.26. The van der Waals surface area contributed by atoms with Gasteiger partial charge in [-0.15, -0.1) is 24.0 Å². The monoisotopic (exact) mass is 434 g/mol. The first-order chi connectivity index (χ1) is 10.8. The van der Waals surface area contributed by atoms with Gasteiger partial charge >= 0.3 is 0 Å². The molecular weight excluding hydrogens is 407 g/mol. The van der Waals surface area contributed by atoms with Crippen molar-refractivity contribution in [1.82, 2.24) is 15.6 Å². The van der Waals surface area contributed by atoms with Gasteiger partial charge in [0, 0.05) is 45.6 Å². The fourth-order valence-corrected chi connectivity index (χ4v) is 1.96. The molecule has 0 unspecified atom stereocenters. The maximum atomic E-state index is 5.60. The highest BCUT2D eigenvalue weighted by Crippen LogP contribution is 2.28. The summed E-state index contributed by atoms with van der Waals surface area (Å²) in [6, 6.07) is 3.84. The number of nitrogens with zero attached hydrogens (tertiary/aromatic N) is 2. The van der Waals surface area contributed by atoms with Gasteiger partial charge in [0.2, 0.25) is 5.88 Å². The van der Waals surface area contributed by atoms with Crippen LogP contribution in [-0.2, 0) is 11.3 Å². The molecule has 0 radical (unpaired) electrons. The lowest BCUT2D eigenvalue weighted by molar-refractivity contribution is 0.123. The third-order valence-corrected chi connectivity index (χ3v) is 3.50. The first-order valence-electron chi connectivity index (χ1n) is 7.83. The van der Waals surface area contributed by atoms with Crippen molar-refractivity contribution in [2.24, 2.45) is 10.9 Å². The quantitative estimate of drug-likeness (QED) is 0.270. The van der Waals surface area contributed by atoms with Crippen LogP contribution >= 0.6 is 24.0 Å². The van der Waals surface area contributed by atoms with Crippen LogP contribution in [-0.4, -0.2) is 44.9 Å². The van der Waals surface area contributed by atoms with E-state index in [0.29, 0.717) is 12.4 Å².